The summed E-state index contributed by atoms with van der Waals surface area (Å²) in [5, 5.41) is 10.8. The number of carbonyl (C=O) groups is 2. The van der Waals surface area contributed by atoms with Crippen LogP contribution in [-0.4, -0.2) is 110 Å². The fourth-order valence-corrected chi connectivity index (χ4v) is 5.48. The van der Waals surface area contributed by atoms with Crippen LogP contribution < -0.4 is 5.32 Å². The van der Waals surface area contributed by atoms with Crippen molar-refractivity contribution in [2.45, 2.75) is 25.4 Å². The molecular weight excluding hydrogens is 525 g/mol. The Morgan fingerprint density at radius 2 is 1.67 bits per heavy atom. The molecule has 14 heteroatoms. The van der Waals surface area contributed by atoms with Gasteiger partial charge in [-0.1, -0.05) is 24.1 Å². The number of benzene rings is 1. The summed E-state index contributed by atoms with van der Waals surface area (Å²) in [5.41, 5.74) is 0.496. The number of amides is 1. The second-order valence-corrected chi connectivity index (χ2v) is 11.0. The third-order valence-electron chi connectivity index (χ3n) is 5.82. The van der Waals surface area contributed by atoms with E-state index in [9.17, 15) is 26.4 Å². The van der Waals surface area contributed by atoms with Gasteiger partial charge in [-0.15, -0.1) is 0 Å². The number of sulfonamides is 1. The van der Waals surface area contributed by atoms with E-state index in [0.29, 0.717) is 43.3 Å². The Morgan fingerprint density at radius 3 is 2.22 bits per heavy atom. The number of rotatable bonds is 8. The highest BCUT2D eigenvalue weighted by Crippen LogP contribution is 2.15. The van der Waals surface area contributed by atoms with E-state index in [4.69, 9.17) is 21.5 Å². The number of piperidine rings is 1. The van der Waals surface area contributed by atoms with E-state index in [0.717, 1.165) is 19.6 Å². The maximum absolute atomic E-state index is 13.1. The number of hydrogen-bond acceptors (Lipinski definition) is 6. The molecule has 0 unspecified atom stereocenters. The van der Waals surface area contributed by atoms with Crippen LogP contribution in [0.2, 0.25) is 5.02 Å². The van der Waals surface area contributed by atoms with Crippen LogP contribution in [0.4, 0.5) is 13.2 Å². The van der Waals surface area contributed by atoms with Gasteiger partial charge in [0.15, 0.2) is 0 Å². The van der Waals surface area contributed by atoms with Gasteiger partial charge in [-0.3, -0.25) is 4.79 Å². The van der Waals surface area contributed by atoms with Gasteiger partial charge in [-0.2, -0.15) is 17.5 Å². The van der Waals surface area contributed by atoms with E-state index in [-0.39, 0.29) is 18.2 Å². The summed E-state index contributed by atoms with van der Waals surface area (Å²) in [5.74, 6) is -2.98. The van der Waals surface area contributed by atoms with Gasteiger partial charge in [0.25, 0.3) is 5.91 Å². The number of alkyl halides is 3. The summed E-state index contributed by atoms with van der Waals surface area (Å²) < 4.78 is 58.7. The van der Waals surface area contributed by atoms with Crippen LogP contribution in [0.5, 0.6) is 0 Å². The molecule has 3 rings (SSSR count). The molecule has 1 amide bonds. The Kier molecular flexibility index (Phi) is 11.9. The summed E-state index contributed by atoms with van der Waals surface area (Å²) in [6.07, 6.45) is -1.47. The zero-order chi connectivity index (χ0) is 26.8. The fraction of sp³-hybridized carbons (Fsp3) is 0.636. The SMILES string of the molecule is O=C(O)C(F)(F)F.O=C(c1cccc(Cl)c1)N(CCN1CCCCC1)CCS(=O)(=O)N1CCNCC1. The zero-order valence-electron chi connectivity index (χ0n) is 19.8. The molecule has 2 aliphatic rings. The molecule has 9 nitrogen and oxygen atoms in total. The maximum Gasteiger partial charge on any atom is 0.490 e. The van der Waals surface area contributed by atoms with Crippen LogP contribution in [0.25, 0.3) is 0 Å². The molecule has 0 atom stereocenters. The third-order valence-corrected chi connectivity index (χ3v) is 7.91. The molecule has 2 aliphatic heterocycles. The monoisotopic (exact) mass is 556 g/mol. The Labute approximate surface area is 214 Å². The van der Waals surface area contributed by atoms with Gasteiger partial charge < -0.3 is 20.2 Å². The lowest BCUT2D eigenvalue weighted by Crippen LogP contribution is -2.49. The standard InChI is InChI=1S/C20H31ClN4O3S.C2HF3O2/c21-19-6-4-5-18(17-19)20(26)24(14-13-23-9-2-1-3-10-23)15-16-29(27,28)25-11-7-22-8-12-25;3-2(4,5)1(6)7/h4-6,17,22H,1-3,7-16H2;(H,6,7). The van der Waals surface area contributed by atoms with E-state index >= 15 is 0 Å². The number of halogens is 4. The van der Waals surface area contributed by atoms with Gasteiger partial charge in [0.1, 0.15) is 0 Å². The number of piperazine rings is 1. The number of nitrogens with zero attached hydrogens (tertiary/aromatic N) is 3. The molecule has 204 valence electrons. The Bertz CT molecular complexity index is 969. The van der Waals surface area contributed by atoms with Gasteiger partial charge in [-0.25, -0.2) is 13.2 Å². The van der Waals surface area contributed by atoms with Crippen LogP contribution in [0.3, 0.4) is 0 Å². The number of carbonyl (C=O) groups excluding carboxylic acids is 1. The second-order valence-electron chi connectivity index (χ2n) is 8.47. The van der Waals surface area contributed by atoms with Gasteiger partial charge in [0.2, 0.25) is 10.0 Å². The van der Waals surface area contributed by atoms with Gasteiger partial charge in [0, 0.05) is 56.4 Å². The van der Waals surface area contributed by atoms with Crippen molar-refractivity contribution in [3.8, 4) is 0 Å². The van der Waals surface area contributed by atoms with Crippen LogP contribution in [-0.2, 0) is 14.8 Å². The first-order valence-electron chi connectivity index (χ1n) is 11.7. The molecule has 0 aliphatic carbocycles. The molecule has 0 saturated carbocycles. The number of aliphatic carboxylic acids is 1. The van der Waals surface area contributed by atoms with Crippen molar-refractivity contribution in [2.75, 3.05) is 64.7 Å². The molecule has 2 N–H and O–H groups in total. The van der Waals surface area contributed by atoms with Crippen molar-refractivity contribution in [3.63, 3.8) is 0 Å². The topological polar surface area (TPSA) is 110 Å². The summed E-state index contributed by atoms with van der Waals surface area (Å²) >= 11 is 6.06. The lowest BCUT2D eigenvalue weighted by Gasteiger charge is -2.31. The van der Waals surface area contributed by atoms with Gasteiger partial charge in [0.05, 0.1) is 5.75 Å². The number of nitrogens with one attached hydrogen (secondary N) is 1. The molecule has 1 aromatic rings. The summed E-state index contributed by atoms with van der Waals surface area (Å²) in [4.78, 5) is 26.0. The average Bonchev–Trinajstić information content (AvgIpc) is 2.84. The van der Waals surface area contributed by atoms with Crippen molar-refractivity contribution in [1.82, 2.24) is 19.4 Å². The van der Waals surface area contributed by atoms with E-state index < -0.39 is 22.2 Å². The Hall–Kier alpha value is -1.93. The highest BCUT2D eigenvalue weighted by molar-refractivity contribution is 7.89. The van der Waals surface area contributed by atoms with Crippen molar-refractivity contribution < 1.29 is 36.3 Å². The minimum atomic E-state index is -5.08. The van der Waals surface area contributed by atoms with Crippen molar-refractivity contribution in [2.24, 2.45) is 0 Å². The Morgan fingerprint density at radius 1 is 1.06 bits per heavy atom. The van der Waals surface area contributed by atoms with Crippen LogP contribution >= 0.6 is 11.6 Å². The largest absolute Gasteiger partial charge is 0.490 e. The minimum Gasteiger partial charge on any atom is -0.475 e. The van der Waals surface area contributed by atoms with Gasteiger partial charge >= 0.3 is 12.1 Å². The fourth-order valence-electron chi connectivity index (χ4n) is 3.84. The molecule has 0 radical (unpaired) electrons. The van der Waals surface area contributed by atoms with Crippen molar-refractivity contribution >= 4 is 33.5 Å². The number of hydrogen-bond donors (Lipinski definition) is 2. The van der Waals surface area contributed by atoms with Gasteiger partial charge in [-0.05, 0) is 44.1 Å². The lowest BCUT2D eigenvalue weighted by atomic mass is 10.1. The molecule has 2 fully saturated rings. The zero-order valence-corrected chi connectivity index (χ0v) is 21.4. The molecule has 36 heavy (non-hydrogen) atoms. The first kappa shape index (κ1) is 30.3. The van der Waals surface area contributed by atoms with E-state index in [1.54, 1.807) is 29.2 Å². The summed E-state index contributed by atoms with van der Waals surface area (Å²) in [6, 6.07) is 6.84. The first-order chi connectivity index (χ1) is 16.9. The highest BCUT2D eigenvalue weighted by Gasteiger charge is 2.38. The predicted octanol–water partition coefficient (Wildman–Crippen LogP) is 2.14. The smallest absolute Gasteiger partial charge is 0.475 e. The highest BCUT2D eigenvalue weighted by atomic mass is 35.5. The van der Waals surface area contributed by atoms with Crippen LogP contribution in [0.1, 0.15) is 29.6 Å². The summed E-state index contributed by atoms with van der Waals surface area (Å²) in [6.45, 7) is 5.85. The van der Waals surface area contributed by atoms with Crippen LogP contribution in [0, 0.1) is 0 Å². The van der Waals surface area contributed by atoms with E-state index in [1.165, 1.54) is 23.6 Å². The summed E-state index contributed by atoms with van der Waals surface area (Å²) in [7, 11) is -3.39. The maximum atomic E-state index is 13.1. The normalized spacial score (nSPS) is 17.7. The molecule has 0 spiro atoms. The molecule has 1 aromatic carbocycles. The Balaban J connectivity index is 0.000000572. The van der Waals surface area contributed by atoms with Crippen molar-refractivity contribution in [3.05, 3.63) is 34.9 Å². The lowest BCUT2D eigenvalue weighted by molar-refractivity contribution is -0.192. The number of carboxylic acids is 1. The first-order valence-corrected chi connectivity index (χ1v) is 13.6. The average molecular weight is 557 g/mol. The predicted molar refractivity (Wildman–Crippen MR) is 130 cm³/mol. The van der Waals surface area contributed by atoms with E-state index in [2.05, 4.69) is 10.2 Å². The van der Waals surface area contributed by atoms with E-state index in [1.807, 2.05) is 0 Å². The minimum absolute atomic E-state index is 0.0562. The molecule has 2 heterocycles. The third kappa shape index (κ3) is 10.2. The molecule has 2 saturated heterocycles. The molecule has 0 aromatic heterocycles. The number of carboxylic acid groups (broad SMARTS) is 1. The quantitative estimate of drug-likeness (QED) is 0.505. The van der Waals surface area contributed by atoms with Crippen LogP contribution in [0.15, 0.2) is 24.3 Å². The molecular formula is C22H32ClF3N4O5S. The second kappa shape index (κ2) is 14.1. The molecule has 0 bridgehead atoms. The number of likely N-dealkylation sites (tertiary alicyclic amines) is 1. The van der Waals surface area contributed by atoms with Crippen molar-refractivity contribution in [1.29, 1.82) is 0 Å².